The highest BCUT2D eigenvalue weighted by Crippen LogP contribution is 2.48. The van der Waals surface area contributed by atoms with Gasteiger partial charge in [-0.1, -0.05) is 48.5 Å². The molecule has 6 rings (SSSR count). The summed E-state index contributed by atoms with van der Waals surface area (Å²) in [5, 5.41) is 3.63. The van der Waals surface area contributed by atoms with Gasteiger partial charge in [-0.25, -0.2) is 0 Å². The maximum absolute atomic E-state index is 13.8. The Morgan fingerprint density at radius 2 is 1.71 bits per heavy atom. The molecular weight excluding hydrogens is 380 g/mol. The summed E-state index contributed by atoms with van der Waals surface area (Å²) in [4.78, 5) is 16.0. The Hall–Kier alpha value is -2.13. The number of likely N-dealkylation sites (tertiary alicyclic amines) is 1. The van der Waals surface area contributed by atoms with Crippen LogP contribution in [0.3, 0.4) is 0 Å². The second-order valence-corrected chi connectivity index (χ2v) is 10.4. The van der Waals surface area contributed by atoms with Crippen molar-refractivity contribution in [1.82, 2.24) is 10.2 Å². The van der Waals surface area contributed by atoms with E-state index in [-0.39, 0.29) is 11.3 Å². The molecule has 2 aromatic rings. The Balaban J connectivity index is 1.21. The lowest BCUT2D eigenvalue weighted by atomic mass is 9.63. The third-order valence-corrected chi connectivity index (χ3v) is 8.62. The molecule has 31 heavy (non-hydrogen) atoms. The van der Waals surface area contributed by atoms with Crippen LogP contribution in [-0.2, 0) is 16.6 Å². The Morgan fingerprint density at radius 3 is 2.48 bits per heavy atom. The van der Waals surface area contributed by atoms with Crippen molar-refractivity contribution in [2.24, 2.45) is 5.92 Å². The van der Waals surface area contributed by atoms with E-state index in [0.717, 1.165) is 51.4 Å². The molecule has 1 amide bonds. The summed E-state index contributed by atoms with van der Waals surface area (Å²) in [7, 11) is 0. The summed E-state index contributed by atoms with van der Waals surface area (Å²) in [5.41, 5.74) is 5.97. The first-order valence-electron chi connectivity index (χ1n) is 12.4. The van der Waals surface area contributed by atoms with E-state index in [1.54, 1.807) is 0 Å². The number of hydrogen-bond donors (Lipinski definition) is 1. The van der Waals surface area contributed by atoms with Gasteiger partial charge in [0.2, 0.25) is 5.91 Å². The molecule has 3 fully saturated rings. The third-order valence-electron chi connectivity index (χ3n) is 8.62. The van der Waals surface area contributed by atoms with Crippen molar-refractivity contribution in [1.29, 1.82) is 0 Å². The zero-order valence-electron chi connectivity index (χ0n) is 18.5. The van der Waals surface area contributed by atoms with Crippen LogP contribution in [-0.4, -0.2) is 37.0 Å². The molecule has 2 atom stereocenters. The second-order valence-electron chi connectivity index (χ2n) is 10.4. The molecule has 4 aliphatic rings. The maximum Gasteiger partial charge on any atom is 0.227 e. The molecule has 2 aliphatic heterocycles. The molecule has 1 saturated carbocycles. The van der Waals surface area contributed by atoms with Gasteiger partial charge in [-0.2, -0.15) is 0 Å². The lowest BCUT2D eigenvalue weighted by molar-refractivity contribution is -0.138. The van der Waals surface area contributed by atoms with Gasteiger partial charge in [-0.05, 0) is 79.0 Å². The third kappa shape index (κ3) is 3.42. The highest BCUT2D eigenvalue weighted by molar-refractivity contribution is 5.82. The zero-order chi connectivity index (χ0) is 20.8. The number of nitrogens with one attached hydrogen (secondary N) is 1. The number of aryl methyl sites for hydroxylation is 1. The number of hydrogen-bond acceptors (Lipinski definition) is 2. The fourth-order valence-corrected chi connectivity index (χ4v) is 6.71. The summed E-state index contributed by atoms with van der Waals surface area (Å²) in [5.74, 6) is 1.88. The molecule has 0 aromatic heterocycles. The van der Waals surface area contributed by atoms with Crippen LogP contribution in [0, 0.1) is 5.92 Å². The van der Waals surface area contributed by atoms with Crippen molar-refractivity contribution in [3.05, 3.63) is 70.8 Å². The molecule has 0 radical (unpaired) electrons. The summed E-state index contributed by atoms with van der Waals surface area (Å²) in [6.45, 7) is 3.60. The normalized spacial score (nSPS) is 28.6. The Morgan fingerprint density at radius 1 is 0.935 bits per heavy atom. The predicted molar refractivity (Wildman–Crippen MR) is 124 cm³/mol. The van der Waals surface area contributed by atoms with E-state index in [1.807, 2.05) is 0 Å². The molecular formula is C28H34N2O. The lowest BCUT2D eigenvalue weighted by Crippen LogP contribution is -2.49. The number of benzene rings is 2. The number of piperidine rings is 1. The largest absolute Gasteiger partial charge is 0.342 e. The van der Waals surface area contributed by atoms with Gasteiger partial charge in [0, 0.05) is 31.6 Å². The monoisotopic (exact) mass is 414 g/mol. The van der Waals surface area contributed by atoms with Crippen LogP contribution in [0.1, 0.15) is 72.6 Å². The highest BCUT2D eigenvalue weighted by atomic mass is 16.2. The first kappa shape index (κ1) is 19.5. The Labute approximate surface area is 186 Å². The van der Waals surface area contributed by atoms with E-state index in [1.165, 1.54) is 47.9 Å². The van der Waals surface area contributed by atoms with E-state index in [2.05, 4.69) is 58.7 Å². The fraction of sp³-hybridized carbons (Fsp3) is 0.536. The standard InChI is InChI=1S/C28H34N2O/c31-27(30-15-12-22(13-16-30)20-5-2-1-3-6-20)26-18-29-19-28(26)14-4-7-24-17-23(21-8-9-21)10-11-25(24)28/h1-3,5-6,10-11,17,21-22,26,29H,4,7-9,12-16,18-19H2/t26-,28-/m0/s1. The van der Waals surface area contributed by atoms with E-state index in [9.17, 15) is 4.79 Å². The highest BCUT2D eigenvalue weighted by Gasteiger charge is 2.51. The number of carbonyl (C=O) groups excluding carboxylic acids is 1. The summed E-state index contributed by atoms with van der Waals surface area (Å²) in [6, 6.07) is 18.1. The van der Waals surface area contributed by atoms with Gasteiger partial charge in [0.1, 0.15) is 0 Å². The molecule has 1 N–H and O–H groups in total. The van der Waals surface area contributed by atoms with Crippen molar-refractivity contribution < 1.29 is 4.79 Å². The zero-order valence-corrected chi connectivity index (χ0v) is 18.5. The van der Waals surface area contributed by atoms with Crippen molar-refractivity contribution in [3.8, 4) is 0 Å². The van der Waals surface area contributed by atoms with Gasteiger partial charge in [-0.15, -0.1) is 0 Å². The van der Waals surface area contributed by atoms with Gasteiger partial charge >= 0.3 is 0 Å². The summed E-state index contributed by atoms with van der Waals surface area (Å²) in [6.07, 6.45) is 8.42. The first-order chi connectivity index (χ1) is 15.2. The molecule has 2 aromatic carbocycles. The number of carbonyl (C=O) groups is 1. The molecule has 3 heteroatoms. The van der Waals surface area contributed by atoms with Crippen molar-refractivity contribution in [3.63, 3.8) is 0 Å². The summed E-state index contributed by atoms with van der Waals surface area (Å²) >= 11 is 0. The minimum absolute atomic E-state index is 0.00300. The minimum atomic E-state index is 0.00300. The Kier molecular flexibility index (Phi) is 4.90. The van der Waals surface area contributed by atoms with Crippen LogP contribution in [0.5, 0.6) is 0 Å². The SMILES string of the molecule is O=C([C@@H]1CNC[C@]12CCCc1cc(C3CC3)ccc12)N1CCC(c2ccccc2)CC1. The predicted octanol–water partition coefficient (Wildman–Crippen LogP) is 4.76. The van der Waals surface area contributed by atoms with Gasteiger partial charge < -0.3 is 10.2 Å². The van der Waals surface area contributed by atoms with Crippen LogP contribution < -0.4 is 5.32 Å². The Bertz CT molecular complexity index is 958. The van der Waals surface area contributed by atoms with E-state index >= 15 is 0 Å². The van der Waals surface area contributed by atoms with Gasteiger partial charge in [0.05, 0.1) is 5.92 Å². The van der Waals surface area contributed by atoms with Crippen molar-refractivity contribution in [2.45, 2.75) is 62.2 Å². The topological polar surface area (TPSA) is 32.3 Å². The number of fused-ring (bicyclic) bond motifs is 2. The first-order valence-corrected chi connectivity index (χ1v) is 12.4. The smallest absolute Gasteiger partial charge is 0.227 e. The van der Waals surface area contributed by atoms with Gasteiger partial charge in [0.15, 0.2) is 0 Å². The molecule has 162 valence electrons. The molecule has 2 heterocycles. The number of amides is 1. The maximum atomic E-state index is 13.8. The number of rotatable bonds is 3. The van der Waals surface area contributed by atoms with Gasteiger partial charge in [0.25, 0.3) is 0 Å². The minimum Gasteiger partial charge on any atom is -0.342 e. The molecule has 0 bridgehead atoms. The number of nitrogens with zero attached hydrogens (tertiary/aromatic N) is 1. The average Bonchev–Trinajstić information content (AvgIpc) is 3.60. The fourth-order valence-electron chi connectivity index (χ4n) is 6.71. The quantitative estimate of drug-likeness (QED) is 0.785. The molecule has 1 spiro atoms. The van der Waals surface area contributed by atoms with Crippen molar-refractivity contribution in [2.75, 3.05) is 26.2 Å². The lowest BCUT2D eigenvalue weighted by Gasteiger charge is -2.42. The molecule has 0 unspecified atom stereocenters. The molecule has 3 nitrogen and oxygen atoms in total. The van der Waals surface area contributed by atoms with Crippen LogP contribution in [0.4, 0.5) is 0 Å². The second kappa shape index (κ2) is 7.78. The van der Waals surface area contributed by atoms with Crippen molar-refractivity contribution >= 4 is 5.91 Å². The average molecular weight is 415 g/mol. The van der Waals surface area contributed by atoms with E-state index < -0.39 is 0 Å². The van der Waals surface area contributed by atoms with Gasteiger partial charge in [-0.3, -0.25) is 4.79 Å². The van der Waals surface area contributed by atoms with E-state index in [0.29, 0.717) is 11.8 Å². The van der Waals surface area contributed by atoms with E-state index in [4.69, 9.17) is 0 Å². The van der Waals surface area contributed by atoms with Crippen LogP contribution in [0.15, 0.2) is 48.5 Å². The summed E-state index contributed by atoms with van der Waals surface area (Å²) < 4.78 is 0. The molecule has 2 aliphatic carbocycles. The van der Waals surface area contributed by atoms with Crippen LogP contribution in [0.2, 0.25) is 0 Å². The van der Waals surface area contributed by atoms with Crippen LogP contribution in [0.25, 0.3) is 0 Å². The van der Waals surface area contributed by atoms with Crippen LogP contribution >= 0.6 is 0 Å². The molecule has 2 saturated heterocycles.